The third kappa shape index (κ3) is 2.16. The Bertz CT molecular complexity index is 786. The maximum absolute atomic E-state index is 5.30. The first-order chi connectivity index (χ1) is 9.71. The fourth-order valence-electron chi connectivity index (χ4n) is 2.28. The van der Waals surface area contributed by atoms with Gasteiger partial charge in [0.25, 0.3) is 0 Å². The summed E-state index contributed by atoms with van der Waals surface area (Å²) in [5.74, 6) is 1.59. The van der Waals surface area contributed by atoms with Crippen molar-refractivity contribution < 1.29 is 4.74 Å². The Morgan fingerprint density at radius 3 is 2.75 bits per heavy atom. The van der Waals surface area contributed by atoms with E-state index < -0.39 is 0 Å². The first-order valence-electron chi connectivity index (χ1n) is 6.47. The van der Waals surface area contributed by atoms with Gasteiger partial charge < -0.3 is 10.1 Å². The predicted molar refractivity (Wildman–Crippen MR) is 78.9 cm³/mol. The Hall–Kier alpha value is -2.27. The van der Waals surface area contributed by atoms with E-state index in [1.165, 1.54) is 0 Å². The molecule has 20 heavy (non-hydrogen) atoms. The summed E-state index contributed by atoms with van der Waals surface area (Å²) < 4.78 is 5.30. The topological polar surface area (TPSA) is 59.9 Å². The zero-order chi connectivity index (χ0) is 14.1. The second-order valence-corrected chi connectivity index (χ2v) is 4.73. The molecule has 102 valence electrons. The Morgan fingerprint density at radius 1 is 1.15 bits per heavy atom. The number of ether oxygens (including phenoxy) is 1. The molecule has 0 aliphatic rings. The minimum absolute atomic E-state index is 0.636. The van der Waals surface area contributed by atoms with Gasteiger partial charge in [-0.2, -0.15) is 0 Å². The molecule has 0 bridgehead atoms. The maximum Gasteiger partial charge on any atom is 0.163 e. The first kappa shape index (κ1) is 12.7. The lowest BCUT2D eigenvalue weighted by Crippen LogP contribution is -2.09. The van der Waals surface area contributed by atoms with Gasteiger partial charge in [0.15, 0.2) is 5.65 Å². The Morgan fingerprint density at radius 2 is 2.00 bits per heavy atom. The van der Waals surface area contributed by atoms with Gasteiger partial charge in [0, 0.05) is 17.0 Å². The minimum atomic E-state index is 0.636. The number of hydrogen-bond acceptors (Lipinski definition) is 5. The van der Waals surface area contributed by atoms with Gasteiger partial charge in [-0.05, 0) is 37.7 Å². The lowest BCUT2D eigenvalue weighted by Gasteiger charge is -2.07. The molecule has 0 saturated carbocycles. The van der Waals surface area contributed by atoms with Crippen molar-refractivity contribution >= 4 is 21.9 Å². The van der Waals surface area contributed by atoms with Crippen molar-refractivity contribution in [3.8, 4) is 5.75 Å². The molecule has 0 aliphatic heterocycles. The summed E-state index contributed by atoms with van der Waals surface area (Å²) in [7, 11) is 3.54. The molecule has 0 atom stereocenters. The van der Waals surface area contributed by atoms with Crippen LogP contribution in [-0.2, 0) is 6.54 Å². The first-order valence-corrected chi connectivity index (χ1v) is 6.47. The fourth-order valence-corrected chi connectivity index (χ4v) is 2.28. The predicted octanol–water partition coefficient (Wildman–Crippen LogP) is 2.21. The van der Waals surface area contributed by atoms with Gasteiger partial charge in [0.2, 0.25) is 0 Å². The van der Waals surface area contributed by atoms with E-state index in [1.54, 1.807) is 7.11 Å². The van der Waals surface area contributed by atoms with E-state index in [-0.39, 0.29) is 0 Å². The molecule has 5 heteroatoms. The summed E-state index contributed by atoms with van der Waals surface area (Å²) in [6, 6.07) is 6.02. The highest BCUT2D eigenvalue weighted by molar-refractivity contribution is 5.93. The molecule has 1 aromatic carbocycles. The summed E-state index contributed by atoms with van der Waals surface area (Å²) in [6.07, 6.45) is 1.82. The quantitative estimate of drug-likeness (QED) is 0.738. The number of benzene rings is 1. The van der Waals surface area contributed by atoms with E-state index >= 15 is 0 Å². The Kier molecular flexibility index (Phi) is 3.20. The van der Waals surface area contributed by atoms with Crippen molar-refractivity contribution in [2.45, 2.75) is 13.5 Å². The van der Waals surface area contributed by atoms with Crippen LogP contribution in [0.15, 0.2) is 24.4 Å². The summed E-state index contributed by atoms with van der Waals surface area (Å²) >= 11 is 0. The fraction of sp³-hybridized carbons (Fsp3) is 0.267. The molecule has 3 aromatic rings. The van der Waals surface area contributed by atoms with Crippen LogP contribution in [0.3, 0.4) is 0 Å². The van der Waals surface area contributed by atoms with Crippen LogP contribution < -0.4 is 10.1 Å². The van der Waals surface area contributed by atoms with Crippen molar-refractivity contribution in [2.75, 3.05) is 14.2 Å². The average Bonchev–Trinajstić information content (AvgIpc) is 2.46. The molecule has 0 amide bonds. The van der Waals surface area contributed by atoms with E-state index in [1.807, 2.05) is 32.3 Å². The summed E-state index contributed by atoms with van der Waals surface area (Å²) in [5.41, 5.74) is 2.76. The number of rotatable bonds is 3. The van der Waals surface area contributed by atoms with Crippen LogP contribution in [-0.4, -0.2) is 29.1 Å². The molecule has 0 unspecified atom stereocenters. The Balaban J connectivity index is 2.25. The second kappa shape index (κ2) is 5.02. The molecule has 0 fully saturated rings. The number of nitrogens with zero attached hydrogens (tertiary/aromatic N) is 3. The van der Waals surface area contributed by atoms with Crippen LogP contribution in [0, 0.1) is 6.92 Å². The summed E-state index contributed by atoms with van der Waals surface area (Å²) in [6.45, 7) is 2.66. The molecule has 3 rings (SSSR count). The zero-order valence-corrected chi connectivity index (χ0v) is 11.8. The highest BCUT2D eigenvalue weighted by Gasteiger charge is 2.07. The third-order valence-corrected chi connectivity index (χ3v) is 3.25. The molecular weight excluding hydrogens is 252 g/mol. The number of aromatic nitrogens is 3. The van der Waals surface area contributed by atoms with Gasteiger partial charge in [0.1, 0.15) is 11.6 Å². The maximum atomic E-state index is 5.30. The van der Waals surface area contributed by atoms with E-state index in [0.717, 1.165) is 39.1 Å². The molecule has 5 nitrogen and oxygen atoms in total. The van der Waals surface area contributed by atoms with Crippen LogP contribution in [0.4, 0.5) is 0 Å². The van der Waals surface area contributed by atoms with Crippen molar-refractivity contribution in [3.63, 3.8) is 0 Å². The summed E-state index contributed by atoms with van der Waals surface area (Å²) in [5, 5.41) is 5.02. The smallest absolute Gasteiger partial charge is 0.163 e. The van der Waals surface area contributed by atoms with Gasteiger partial charge in [-0.15, -0.1) is 0 Å². The van der Waals surface area contributed by atoms with Crippen molar-refractivity contribution in [3.05, 3.63) is 35.8 Å². The van der Waals surface area contributed by atoms with E-state index in [4.69, 9.17) is 4.74 Å². The number of nitrogens with one attached hydrogen (secondary N) is 1. The standard InChI is InChI=1S/C15H16N4O/c1-9-4-12(20-3)6-10-5-11-7-17-13(8-16-2)18-15(11)19-14(9)10/h4-7,16H,8H2,1-3H3. The van der Waals surface area contributed by atoms with Crippen LogP contribution in [0.1, 0.15) is 11.4 Å². The highest BCUT2D eigenvalue weighted by atomic mass is 16.5. The molecule has 0 saturated heterocycles. The van der Waals surface area contributed by atoms with Crippen LogP contribution >= 0.6 is 0 Å². The number of aryl methyl sites for hydroxylation is 1. The molecule has 0 spiro atoms. The summed E-state index contributed by atoms with van der Waals surface area (Å²) in [4.78, 5) is 13.5. The van der Waals surface area contributed by atoms with Gasteiger partial charge in [-0.3, -0.25) is 0 Å². The number of pyridine rings is 1. The van der Waals surface area contributed by atoms with Crippen LogP contribution in [0.2, 0.25) is 0 Å². The number of hydrogen-bond donors (Lipinski definition) is 1. The van der Waals surface area contributed by atoms with Crippen molar-refractivity contribution in [2.24, 2.45) is 0 Å². The lowest BCUT2D eigenvalue weighted by atomic mass is 10.1. The molecule has 2 heterocycles. The molecular formula is C15H16N4O. The van der Waals surface area contributed by atoms with Crippen molar-refractivity contribution in [1.82, 2.24) is 20.3 Å². The monoisotopic (exact) mass is 268 g/mol. The zero-order valence-electron chi connectivity index (χ0n) is 11.8. The molecule has 0 aliphatic carbocycles. The van der Waals surface area contributed by atoms with Crippen LogP contribution in [0.5, 0.6) is 5.75 Å². The van der Waals surface area contributed by atoms with E-state index in [9.17, 15) is 0 Å². The van der Waals surface area contributed by atoms with E-state index in [0.29, 0.717) is 6.54 Å². The number of methoxy groups -OCH3 is 1. The Labute approximate surface area is 117 Å². The largest absolute Gasteiger partial charge is 0.497 e. The average molecular weight is 268 g/mol. The van der Waals surface area contributed by atoms with E-state index in [2.05, 4.69) is 26.3 Å². The minimum Gasteiger partial charge on any atom is -0.497 e. The number of fused-ring (bicyclic) bond motifs is 2. The van der Waals surface area contributed by atoms with Gasteiger partial charge >= 0.3 is 0 Å². The molecule has 0 radical (unpaired) electrons. The third-order valence-electron chi connectivity index (χ3n) is 3.25. The molecule has 2 aromatic heterocycles. The molecule has 1 N–H and O–H groups in total. The lowest BCUT2D eigenvalue weighted by molar-refractivity contribution is 0.415. The van der Waals surface area contributed by atoms with Gasteiger partial charge in [0.05, 0.1) is 19.2 Å². The SMILES string of the molecule is CNCc1ncc2cc3cc(OC)cc(C)c3nc2n1. The van der Waals surface area contributed by atoms with Gasteiger partial charge in [-0.25, -0.2) is 15.0 Å². The highest BCUT2D eigenvalue weighted by Crippen LogP contribution is 2.25. The normalized spacial score (nSPS) is 11.2. The van der Waals surface area contributed by atoms with Gasteiger partial charge in [-0.1, -0.05) is 0 Å². The second-order valence-electron chi connectivity index (χ2n) is 4.73. The van der Waals surface area contributed by atoms with Crippen molar-refractivity contribution in [1.29, 1.82) is 0 Å². The van der Waals surface area contributed by atoms with Crippen LogP contribution in [0.25, 0.3) is 21.9 Å².